The Kier molecular flexibility index (Phi) is 2.86. The van der Waals surface area contributed by atoms with Crippen LogP contribution in [0.25, 0.3) is 27.5 Å². The van der Waals surface area contributed by atoms with Crippen molar-refractivity contribution in [3.8, 4) is 16.9 Å². The van der Waals surface area contributed by atoms with Gasteiger partial charge in [-0.2, -0.15) is 0 Å². The largest absolute Gasteiger partial charge is 0.496 e. The quantitative estimate of drug-likeness (QED) is 0.512. The van der Waals surface area contributed by atoms with Gasteiger partial charge in [0.2, 0.25) is 0 Å². The summed E-state index contributed by atoms with van der Waals surface area (Å²) in [5.41, 5.74) is 4.13. The summed E-state index contributed by atoms with van der Waals surface area (Å²) < 4.78 is 21.0. The van der Waals surface area contributed by atoms with Crippen molar-refractivity contribution >= 4 is 16.4 Å². The minimum atomic E-state index is -0.298. The van der Waals surface area contributed by atoms with Gasteiger partial charge in [0.05, 0.1) is 18.1 Å². The van der Waals surface area contributed by atoms with E-state index >= 15 is 0 Å². The second kappa shape index (κ2) is 4.88. The molecule has 2 heterocycles. The van der Waals surface area contributed by atoms with Gasteiger partial charge in [0.1, 0.15) is 11.6 Å². The fraction of sp³-hybridized carbons (Fsp3) is 0.0526. The van der Waals surface area contributed by atoms with E-state index in [1.165, 1.54) is 12.1 Å². The number of fused-ring (bicyclic) bond motifs is 3. The number of hydrogen-bond donors (Lipinski definition) is 0. The molecule has 0 N–H and O–H groups in total. The lowest BCUT2D eigenvalue weighted by atomic mass is 10.0. The topological polar surface area (TPSA) is 13.6 Å². The summed E-state index contributed by atoms with van der Waals surface area (Å²) in [5.74, 6) is 0.242. The summed E-state index contributed by atoms with van der Waals surface area (Å²) in [6.07, 6.45) is 2.04. The molecule has 4 rings (SSSR count). The van der Waals surface area contributed by atoms with Crippen molar-refractivity contribution in [3.63, 3.8) is 0 Å². The van der Waals surface area contributed by atoms with Crippen molar-refractivity contribution in [1.82, 2.24) is 4.40 Å². The normalized spacial score (nSPS) is 11.2. The fourth-order valence-corrected chi connectivity index (χ4v) is 2.97. The predicted molar refractivity (Wildman–Crippen MR) is 86.8 cm³/mol. The average Bonchev–Trinajstić information content (AvgIpc) is 3.04. The Balaban J connectivity index is 2.11. The molecule has 0 fully saturated rings. The molecule has 2 aromatic carbocycles. The molecule has 0 atom stereocenters. The highest BCUT2D eigenvalue weighted by atomic mass is 19.1. The summed E-state index contributed by atoms with van der Waals surface area (Å²) in [4.78, 5) is 0. The van der Waals surface area contributed by atoms with E-state index in [2.05, 4.69) is 28.7 Å². The van der Waals surface area contributed by atoms with Crippen molar-refractivity contribution in [2.24, 2.45) is 0 Å². The molecule has 0 aliphatic carbocycles. The van der Waals surface area contributed by atoms with Crippen molar-refractivity contribution in [2.75, 3.05) is 7.11 Å². The Hall–Kier alpha value is -2.81. The molecule has 0 aliphatic rings. The van der Waals surface area contributed by atoms with Crippen LogP contribution in [0, 0.1) is 5.82 Å². The van der Waals surface area contributed by atoms with E-state index in [4.69, 9.17) is 4.74 Å². The summed E-state index contributed by atoms with van der Waals surface area (Å²) >= 11 is 0. The van der Waals surface area contributed by atoms with Crippen LogP contribution in [0.3, 0.4) is 0 Å². The van der Waals surface area contributed by atoms with E-state index in [1.54, 1.807) is 13.2 Å². The first-order valence-corrected chi connectivity index (χ1v) is 7.10. The van der Waals surface area contributed by atoms with E-state index in [0.717, 1.165) is 27.5 Å². The average molecular weight is 291 g/mol. The molecule has 0 bridgehead atoms. The number of halogens is 1. The fourth-order valence-electron chi connectivity index (χ4n) is 2.97. The van der Waals surface area contributed by atoms with E-state index in [9.17, 15) is 4.39 Å². The Labute approximate surface area is 127 Å². The van der Waals surface area contributed by atoms with Crippen LogP contribution in [-0.2, 0) is 0 Å². The molecule has 3 heteroatoms. The monoisotopic (exact) mass is 291 g/mol. The van der Waals surface area contributed by atoms with Crippen LogP contribution >= 0.6 is 0 Å². The smallest absolute Gasteiger partial charge is 0.129 e. The van der Waals surface area contributed by atoms with Gasteiger partial charge in [-0.25, -0.2) is 4.39 Å². The molecule has 0 saturated heterocycles. The van der Waals surface area contributed by atoms with Crippen LogP contribution in [-0.4, -0.2) is 11.5 Å². The number of benzene rings is 2. The molecule has 108 valence electrons. The van der Waals surface area contributed by atoms with Crippen LogP contribution < -0.4 is 4.74 Å². The van der Waals surface area contributed by atoms with Gasteiger partial charge in [0.25, 0.3) is 0 Å². The van der Waals surface area contributed by atoms with Crippen molar-refractivity contribution in [1.29, 1.82) is 0 Å². The molecule has 0 amide bonds. The number of methoxy groups -OCH3 is 1. The molecule has 4 aromatic rings. The number of hydrogen-bond acceptors (Lipinski definition) is 1. The molecule has 0 spiro atoms. The molecule has 0 saturated carbocycles. The first-order chi connectivity index (χ1) is 10.8. The second-order valence-electron chi connectivity index (χ2n) is 5.22. The van der Waals surface area contributed by atoms with Gasteiger partial charge < -0.3 is 9.14 Å². The van der Waals surface area contributed by atoms with Crippen LogP contribution in [0.5, 0.6) is 5.75 Å². The zero-order chi connectivity index (χ0) is 15.1. The third kappa shape index (κ3) is 1.86. The zero-order valence-corrected chi connectivity index (χ0v) is 12.1. The van der Waals surface area contributed by atoms with Crippen LogP contribution in [0.4, 0.5) is 4.39 Å². The van der Waals surface area contributed by atoms with Crippen molar-refractivity contribution in [3.05, 3.63) is 72.7 Å². The minimum Gasteiger partial charge on any atom is -0.496 e. The van der Waals surface area contributed by atoms with E-state index in [0.29, 0.717) is 5.75 Å². The molecule has 22 heavy (non-hydrogen) atoms. The Morgan fingerprint density at radius 1 is 0.864 bits per heavy atom. The van der Waals surface area contributed by atoms with Crippen molar-refractivity contribution in [2.45, 2.75) is 0 Å². The lowest BCUT2D eigenvalue weighted by Crippen LogP contribution is -1.93. The van der Waals surface area contributed by atoms with E-state index < -0.39 is 0 Å². The minimum absolute atomic E-state index is 0.298. The molecule has 0 radical (unpaired) electrons. The van der Waals surface area contributed by atoms with E-state index in [1.807, 2.05) is 24.4 Å². The number of para-hydroxylation sites is 1. The van der Waals surface area contributed by atoms with Gasteiger partial charge in [0, 0.05) is 23.4 Å². The number of pyridine rings is 1. The number of aromatic nitrogens is 1. The van der Waals surface area contributed by atoms with Gasteiger partial charge >= 0.3 is 0 Å². The highest BCUT2D eigenvalue weighted by Crippen LogP contribution is 2.36. The number of ether oxygens (including phenoxy) is 1. The molecular weight excluding hydrogens is 277 g/mol. The number of rotatable bonds is 2. The zero-order valence-electron chi connectivity index (χ0n) is 12.1. The van der Waals surface area contributed by atoms with Crippen LogP contribution in [0.1, 0.15) is 0 Å². The second-order valence-corrected chi connectivity index (χ2v) is 5.22. The maximum atomic E-state index is 13.5. The van der Waals surface area contributed by atoms with Gasteiger partial charge in [-0.05, 0) is 41.8 Å². The van der Waals surface area contributed by atoms with Gasteiger partial charge in [-0.1, -0.05) is 18.2 Å². The first kappa shape index (κ1) is 12.9. The van der Waals surface area contributed by atoms with Crippen LogP contribution in [0.2, 0.25) is 0 Å². The SMILES string of the molecule is COc1cc(F)ccc1-c1cc2ccccc2n2cccc12. The molecular formula is C19H14FNO. The molecule has 0 unspecified atom stereocenters. The Morgan fingerprint density at radius 3 is 2.55 bits per heavy atom. The highest BCUT2D eigenvalue weighted by molar-refractivity contribution is 5.94. The third-order valence-corrected chi connectivity index (χ3v) is 3.97. The first-order valence-electron chi connectivity index (χ1n) is 7.10. The lowest BCUT2D eigenvalue weighted by molar-refractivity contribution is 0.413. The van der Waals surface area contributed by atoms with Gasteiger partial charge in [0.15, 0.2) is 0 Å². The van der Waals surface area contributed by atoms with Crippen molar-refractivity contribution < 1.29 is 9.13 Å². The third-order valence-electron chi connectivity index (χ3n) is 3.97. The Morgan fingerprint density at radius 2 is 1.68 bits per heavy atom. The predicted octanol–water partition coefficient (Wildman–Crippen LogP) is 4.91. The lowest BCUT2D eigenvalue weighted by Gasteiger charge is -2.13. The highest BCUT2D eigenvalue weighted by Gasteiger charge is 2.12. The van der Waals surface area contributed by atoms with Crippen LogP contribution in [0.15, 0.2) is 66.9 Å². The summed E-state index contributed by atoms with van der Waals surface area (Å²) in [5, 5.41) is 1.13. The van der Waals surface area contributed by atoms with Gasteiger partial charge in [-0.3, -0.25) is 0 Å². The molecule has 0 aliphatic heterocycles. The molecule has 2 nitrogen and oxygen atoms in total. The number of nitrogens with zero attached hydrogens (tertiary/aromatic N) is 1. The maximum absolute atomic E-state index is 13.5. The summed E-state index contributed by atoms with van der Waals surface area (Å²) in [7, 11) is 1.56. The Bertz CT molecular complexity index is 987. The standard InChI is InChI=1S/C19H14FNO/c1-22-19-12-14(20)8-9-15(19)16-11-13-5-2-3-6-17(13)21-10-4-7-18(16)21/h2-12H,1H3. The summed E-state index contributed by atoms with van der Waals surface area (Å²) in [6.45, 7) is 0. The molecule has 2 aromatic heterocycles. The van der Waals surface area contributed by atoms with Gasteiger partial charge in [-0.15, -0.1) is 0 Å². The van der Waals surface area contributed by atoms with E-state index in [-0.39, 0.29) is 5.82 Å². The summed E-state index contributed by atoms with van der Waals surface area (Å²) in [6, 6.07) is 19.1. The maximum Gasteiger partial charge on any atom is 0.129 e.